The van der Waals surface area contributed by atoms with Gasteiger partial charge in [-0.05, 0) is 24.3 Å². The number of alkyl halides is 3. The number of nitrogens with one attached hydrogen (secondary N) is 1. The molecule has 0 radical (unpaired) electrons. The van der Waals surface area contributed by atoms with Crippen LogP contribution in [0.15, 0.2) is 29.2 Å². The SMILES string of the molecule is NC(=O)CC12OC1NCCN2S(=O)(=O)c1ccc(C(F)(F)F)cc1. The van der Waals surface area contributed by atoms with E-state index in [0.29, 0.717) is 12.1 Å². The van der Waals surface area contributed by atoms with Crippen LogP contribution >= 0.6 is 0 Å². The van der Waals surface area contributed by atoms with E-state index in [1.807, 2.05) is 0 Å². The monoisotopic (exact) mass is 365 g/mol. The van der Waals surface area contributed by atoms with Gasteiger partial charge in [0.15, 0.2) is 12.0 Å². The molecule has 24 heavy (non-hydrogen) atoms. The Hall–Kier alpha value is -1.69. The summed E-state index contributed by atoms with van der Waals surface area (Å²) in [5.41, 5.74) is 2.79. The highest BCUT2D eigenvalue weighted by Gasteiger charge is 2.66. The smallest absolute Gasteiger partial charge is 0.370 e. The number of rotatable bonds is 4. The van der Waals surface area contributed by atoms with Crippen molar-refractivity contribution in [1.82, 2.24) is 9.62 Å². The van der Waals surface area contributed by atoms with Gasteiger partial charge in [0, 0.05) is 13.1 Å². The minimum atomic E-state index is -4.56. The number of amides is 1. The van der Waals surface area contributed by atoms with Crippen molar-refractivity contribution in [2.75, 3.05) is 13.1 Å². The number of fused-ring (bicyclic) bond motifs is 1. The number of hydrogen-bond acceptors (Lipinski definition) is 5. The van der Waals surface area contributed by atoms with Crippen molar-refractivity contribution in [3.8, 4) is 0 Å². The highest BCUT2D eigenvalue weighted by molar-refractivity contribution is 7.89. The zero-order valence-electron chi connectivity index (χ0n) is 12.2. The molecule has 2 unspecified atom stereocenters. The van der Waals surface area contributed by atoms with Crippen LogP contribution in [0.1, 0.15) is 12.0 Å². The third kappa shape index (κ3) is 2.77. The molecule has 7 nitrogen and oxygen atoms in total. The summed E-state index contributed by atoms with van der Waals surface area (Å²) < 4.78 is 69.6. The Morgan fingerprint density at radius 3 is 2.54 bits per heavy atom. The molecule has 0 bridgehead atoms. The number of benzene rings is 1. The minimum Gasteiger partial charge on any atom is -0.370 e. The van der Waals surface area contributed by atoms with Crippen molar-refractivity contribution >= 4 is 15.9 Å². The van der Waals surface area contributed by atoms with Gasteiger partial charge in [-0.3, -0.25) is 10.1 Å². The van der Waals surface area contributed by atoms with E-state index in [0.717, 1.165) is 16.4 Å². The number of halogens is 3. The van der Waals surface area contributed by atoms with Crippen molar-refractivity contribution < 1.29 is 31.1 Å². The molecule has 3 N–H and O–H groups in total. The lowest BCUT2D eigenvalue weighted by atomic mass is 10.1. The average Bonchev–Trinajstić information content (AvgIpc) is 3.18. The summed E-state index contributed by atoms with van der Waals surface area (Å²) in [4.78, 5) is 10.9. The van der Waals surface area contributed by atoms with Crippen LogP contribution in [0.3, 0.4) is 0 Å². The molecule has 11 heteroatoms. The average molecular weight is 365 g/mol. The predicted octanol–water partition coefficient (Wildman–Crippen LogP) is 0.227. The number of nitrogens with two attached hydrogens (primary N) is 1. The number of carbonyl (C=O) groups is 1. The summed E-state index contributed by atoms with van der Waals surface area (Å²) in [6.45, 7) is 0.290. The third-order valence-corrected chi connectivity index (χ3v) is 5.88. The Labute approximate surface area is 135 Å². The Bertz CT molecular complexity index is 766. The molecule has 1 aromatic carbocycles. The maximum Gasteiger partial charge on any atom is 0.416 e. The summed E-state index contributed by atoms with van der Waals surface area (Å²) in [5.74, 6) is -0.742. The lowest BCUT2D eigenvalue weighted by Crippen LogP contribution is -2.55. The van der Waals surface area contributed by atoms with E-state index in [9.17, 15) is 26.4 Å². The van der Waals surface area contributed by atoms with Crippen LogP contribution in [-0.2, 0) is 25.7 Å². The summed E-state index contributed by atoms with van der Waals surface area (Å²) in [6.07, 6.45) is -5.57. The van der Waals surface area contributed by atoms with Crippen molar-refractivity contribution in [3.63, 3.8) is 0 Å². The van der Waals surface area contributed by atoms with Gasteiger partial charge in [0.05, 0.1) is 16.9 Å². The molecule has 0 spiro atoms. The summed E-state index contributed by atoms with van der Waals surface area (Å²) in [7, 11) is -4.14. The topological polar surface area (TPSA) is 105 Å². The molecule has 0 aliphatic carbocycles. The zero-order valence-corrected chi connectivity index (χ0v) is 13.0. The lowest BCUT2D eigenvalue weighted by Gasteiger charge is -2.31. The number of nitrogens with zero attached hydrogens (tertiary/aromatic N) is 1. The van der Waals surface area contributed by atoms with Crippen molar-refractivity contribution in [3.05, 3.63) is 29.8 Å². The Morgan fingerprint density at radius 1 is 1.38 bits per heavy atom. The van der Waals surface area contributed by atoms with Crippen molar-refractivity contribution in [2.24, 2.45) is 5.73 Å². The number of carbonyl (C=O) groups excluding carboxylic acids is 1. The van der Waals surface area contributed by atoms with E-state index in [2.05, 4.69) is 5.32 Å². The fraction of sp³-hybridized carbons (Fsp3) is 0.462. The highest BCUT2D eigenvalue weighted by Crippen LogP contribution is 2.46. The molecular formula is C13H14F3N3O4S. The van der Waals surface area contributed by atoms with Crippen molar-refractivity contribution in [2.45, 2.75) is 29.4 Å². The van der Waals surface area contributed by atoms with Gasteiger partial charge in [-0.25, -0.2) is 8.42 Å². The first-order valence-corrected chi connectivity index (χ1v) is 8.41. The second-order valence-corrected chi connectivity index (χ2v) is 7.40. The number of hydrogen-bond donors (Lipinski definition) is 2. The van der Waals surface area contributed by atoms with Crippen LogP contribution in [0.2, 0.25) is 0 Å². The van der Waals surface area contributed by atoms with E-state index in [4.69, 9.17) is 10.5 Å². The first-order valence-electron chi connectivity index (χ1n) is 6.97. The van der Waals surface area contributed by atoms with E-state index in [1.165, 1.54) is 0 Å². The molecule has 2 aliphatic heterocycles. The van der Waals surface area contributed by atoms with Crippen LogP contribution < -0.4 is 11.1 Å². The van der Waals surface area contributed by atoms with Gasteiger partial charge in [-0.1, -0.05) is 0 Å². The molecule has 3 rings (SSSR count). The van der Waals surface area contributed by atoms with Crippen LogP contribution in [-0.4, -0.2) is 43.7 Å². The molecule has 0 aromatic heterocycles. The molecule has 132 valence electrons. The Balaban J connectivity index is 1.93. The van der Waals surface area contributed by atoms with Crippen LogP contribution in [0, 0.1) is 0 Å². The second-order valence-electron chi connectivity index (χ2n) is 5.54. The molecule has 2 aliphatic rings. The number of piperazine rings is 1. The van der Waals surface area contributed by atoms with Crippen molar-refractivity contribution in [1.29, 1.82) is 0 Å². The lowest BCUT2D eigenvalue weighted by molar-refractivity contribution is -0.137. The largest absolute Gasteiger partial charge is 0.416 e. The van der Waals surface area contributed by atoms with Gasteiger partial charge in [-0.2, -0.15) is 17.5 Å². The number of primary amides is 1. The molecule has 0 saturated carbocycles. The highest BCUT2D eigenvalue weighted by atomic mass is 32.2. The molecular weight excluding hydrogens is 351 g/mol. The fourth-order valence-corrected chi connectivity index (χ4v) is 4.46. The molecule has 1 aromatic rings. The van der Waals surface area contributed by atoms with E-state index in [1.54, 1.807) is 0 Å². The fourth-order valence-electron chi connectivity index (χ4n) is 2.79. The van der Waals surface area contributed by atoms with Gasteiger partial charge in [0.25, 0.3) is 0 Å². The summed E-state index contributed by atoms with van der Waals surface area (Å²) in [6, 6.07) is 3.16. The van der Waals surface area contributed by atoms with Gasteiger partial charge in [0.2, 0.25) is 15.9 Å². The molecule has 2 saturated heterocycles. The molecule has 2 heterocycles. The van der Waals surface area contributed by atoms with Crippen LogP contribution in [0.25, 0.3) is 0 Å². The standard InChI is InChI=1S/C13H14F3N3O4S/c14-13(15,16)8-1-3-9(4-2-8)24(21,22)19-6-5-18-11-12(19,23-11)7-10(17)20/h1-4,11,18H,5-7H2,(H2,17,20). The third-order valence-electron chi connectivity index (χ3n) is 3.94. The quantitative estimate of drug-likeness (QED) is 0.743. The molecule has 1 amide bonds. The van der Waals surface area contributed by atoms with Gasteiger partial charge >= 0.3 is 6.18 Å². The van der Waals surface area contributed by atoms with Crippen LogP contribution in [0.5, 0.6) is 0 Å². The first kappa shape index (κ1) is 17.1. The number of sulfonamides is 1. The zero-order chi connectivity index (χ0) is 17.8. The van der Waals surface area contributed by atoms with Gasteiger partial charge in [-0.15, -0.1) is 0 Å². The molecule has 2 fully saturated rings. The Morgan fingerprint density at radius 2 is 2.00 bits per heavy atom. The summed E-state index contributed by atoms with van der Waals surface area (Å²) >= 11 is 0. The first-order chi connectivity index (χ1) is 11.1. The maximum absolute atomic E-state index is 12.8. The van der Waals surface area contributed by atoms with E-state index < -0.39 is 39.6 Å². The van der Waals surface area contributed by atoms with Gasteiger partial charge < -0.3 is 10.5 Å². The van der Waals surface area contributed by atoms with E-state index in [-0.39, 0.29) is 24.4 Å². The van der Waals surface area contributed by atoms with E-state index >= 15 is 0 Å². The van der Waals surface area contributed by atoms with Crippen LogP contribution in [0.4, 0.5) is 13.2 Å². The Kier molecular flexibility index (Phi) is 3.86. The maximum atomic E-state index is 12.8. The number of ether oxygens (including phenoxy) is 1. The number of epoxide rings is 1. The van der Waals surface area contributed by atoms with Gasteiger partial charge in [0.1, 0.15) is 0 Å². The normalized spacial score (nSPS) is 27.5. The molecule has 2 atom stereocenters. The predicted molar refractivity (Wildman–Crippen MR) is 74.8 cm³/mol. The second kappa shape index (κ2) is 5.41. The summed E-state index contributed by atoms with van der Waals surface area (Å²) in [5, 5.41) is 2.90. The minimum absolute atomic E-state index is 0.00708.